The third-order valence-electron chi connectivity index (χ3n) is 3.69. The molecule has 5 heteroatoms. The predicted octanol–water partition coefficient (Wildman–Crippen LogP) is 5.14. The summed E-state index contributed by atoms with van der Waals surface area (Å²) in [5.74, 6) is 0. The topological polar surface area (TPSA) is 38.0 Å². The molecule has 0 spiro atoms. The Kier molecular flexibility index (Phi) is 3.86. The van der Waals surface area contributed by atoms with Gasteiger partial charge in [-0.05, 0) is 34.5 Å². The first-order valence-corrected chi connectivity index (χ1v) is 7.11. The lowest BCUT2D eigenvalue weighted by Crippen LogP contribution is -2.28. The average Bonchev–Trinajstić information content (AvgIpc) is 2.52. The highest BCUT2D eigenvalue weighted by atomic mass is 19.4. The number of hydrogen-bond donors (Lipinski definition) is 2. The summed E-state index contributed by atoms with van der Waals surface area (Å²) in [6, 6.07) is 16.7. The number of fused-ring (bicyclic) bond motifs is 1. The molecule has 0 saturated heterocycles. The highest BCUT2D eigenvalue weighted by Crippen LogP contribution is 2.37. The van der Waals surface area contributed by atoms with E-state index in [2.05, 4.69) is 5.32 Å². The monoisotopic (exact) mass is 316 g/mol. The summed E-state index contributed by atoms with van der Waals surface area (Å²) in [5.41, 5.74) is 6.45. The first kappa shape index (κ1) is 15.2. The van der Waals surface area contributed by atoms with E-state index in [-0.39, 0.29) is 16.9 Å². The van der Waals surface area contributed by atoms with Gasteiger partial charge in [0.15, 0.2) is 0 Å². The van der Waals surface area contributed by atoms with Gasteiger partial charge in [0.05, 0.1) is 11.4 Å². The van der Waals surface area contributed by atoms with E-state index >= 15 is 0 Å². The van der Waals surface area contributed by atoms with Gasteiger partial charge in [-0.3, -0.25) is 0 Å². The van der Waals surface area contributed by atoms with E-state index in [9.17, 15) is 13.2 Å². The van der Waals surface area contributed by atoms with Crippen molar-refractivity contribution in [2.24, 2.45) is 0 Å². The quantitative estimate of drug-likeness (QED) is 0.657. The molecule has 0 radical (unpaired) electrons. The Bertz CT molecular complexity index is 828. The van der Waals surface area contributed by atoms with E-state index in [1.54, 1.807) is 42.5 Å². The third-order valence-corrected chi connectivity index (χ3v) is 3.69. The maximum Gasteiger partial charge on any atom is 0.412 e. The molecule has 3 rings (SSSR count). The fourth-order valence-electron chi connectivity index (χ4n) is 2.53. The minimum absolute atomic E-state index is 0.152. The van der Waals surface area contributed by atoms with Crippen LogP contribution in [0.4, 0.5) is 24.5 Å². The van der Waals surface area contributed by atoms with Crippen molar-refractivity contribution < 1.29 is 13.2 Å². The molecule has 0 aromatic heterocycles. The van der Waals surface area contributed by atoms with Crippen LogP contribution in [0.3, 0.4) is 0 Å². The van der Waals surface area contributed by atoms with Gasteiger partial charge < -0.3 is 11.1 Å². The molecular formula is C18H15F3N2. The zero-order valence-electron chi connectivity index (χ0n) is 12.1. The van der Waals surface area contributed by atoms with Gasteiger partial charge in [0, 0.05) is 0 Å². The van der Waals surface area contributed by atoms with Gasteiger partial charge in [-0.2, -0.15) is 13.2 Å². The van der Waals surface area contributed by atoms with Gasteiger partial charge in [-0.1, -0.05) is 48.5 Å². The van der Waals surface area contributed by atoms with Crippen molar-refractivity contribution >= 4 is 22.1 Å². The average molecular weight is 316 g/mol. The SMILES string of the molecule is Nc1ccccc1NC(c1ccc2ccccc2c1)C(F)(F)F. The van der Waals surface area contributed by atoms with Gasteiger partial charge in [-0.15, -0.1) is 0 Å². The van der Waals surface area contributed by atoms with Gasteiger partial charge in [-0.25, -0.2) is 0 Å². The van der Waals surface area contributed by atoms with E-state index in [0.717, 1.165) is 10.8 Å². The zero-order valence-corrected chi connectivity index (χ0v) is 12.1. The number of anilines is 2. The second-order valence-corrected chi connectivity index (χ2v) is 5.31. The molecule has 0 aliphatic heterocycles. The molecule has 0 aliphatic carbocycles. The minimum atomic E-state index is -4.44. The second kappa shape index (κ2) is 5.83. The van der Waals surface area contributed by atoms with E-state index < -0.39 is 12.2 Å². The Morgan fingerprint density at radius 3 is 2.17 bits per heavy atom. The molecule has 0 aliphatic rings. The van der Waals surface area contributed by atoms with Crippen molar-refractivity contribution in [1.82, 2.24) is 0 Å². The van der Waals surface area contributed by atoms with Crippen LogP contribution in [0, 0.1) is 0 Å². The summed E-state index contributed by atoms with van der Waals surface area (Å²) < 4.78 is 40.6. The number of nitrogens with two attached hydrogens (primary N) is 1. The molecule has 3 aromatic carbocycles. The van der Waals surface area contributed by atoms with Crippen LogP contribution in [-0.2, 0) is 0 Å². The fraction of sp³-hybridized carbons (Fsp3) is 0.111. The molecule has 1 unspecified atom stereocenters. The highest BCUT2D eigenvalue weighted by molar-refractivity contribution is 5.83. The van der Waals surface area contributed by atoms with Crippen molar-refractivity contribution in [3.05, 3.63) is 72.3 Å². The molecule has 3 aromatic rings. The van der Waals surface area contributed by atoms with Gasteiger partial charge in [0.25, 0.3) is 0 Å². The van der Waals surface area contributed by atoms with E-state index in [1.807, 2.05) is 12.1 Å². The van der Waals surface area contributed by atoms with E-state index in [1.165, 1.54) is 12.1 Å². The Labute approximate surface area is 131 Å². The van der Waals surface area contributed by atoms with Crippen molar-refractivity contribution in [2.45, 2.75) is 12.2 Å². The maximum absolute atomic E-state index is 13.5. The van der Waals surface area contributed by atoms with Crippen molar-refractivity contribution in [3.8, 4) is 0 Å². The first-order chi connectivity index (χ1) is 10.9. The van der Waals surface area contributed by atoms with Crippen LogP contribution in [0.5, 0.6) is 0 Å². The van der Waals surface area contributed by atoms with Crippen LogP contribution >= 0.6 is 0 Å². The largest absolute Gasteiger partial charge is 0.412 e. The lowest BCUT2D eigenvalue weighted by Gasteiger charge is -2.24. The van der Waals surface area contributed by atoms with Crippen molar-refractivity contribution in [3.63, 3.8) is 0 Å². The normalized spacial score (nSPS) is 13.0. The van der Waals surface area contributed by atoms with Crippen molar-refractivity contribution in [2.75, 3.05) is 11.1 Å². The molecule has 0 bridgehead atoms. The van der Waals surface area contributed by atoms with Gasteiger partial charge in [0.2, 0.25) is 0 Å². The molecule has 23 heavy (non-hydrogen) atoms. The molecule has 1 atom stereocenters. The number of nitrogen functional groups attached to an aromatic ring is 1. The molecule has 118 valence electrons. The lowest BCUT2D eigenvalue weighted by molar-refractivity contribution is -0.143. The second-order valence-electron chi connectivity index (χ2n) is 5.31. The molecule has 0 heterocycles. The number of hydrogen-bond acceptors (Lipinski definition) is 2. The number of benzene rings is 3. The summed E-state index contributed by atoms with van der Waals surface area (Å²) in [7, 11) is 0. The van der Waals surface area contributed by atoms with Crippen LogP contribution in [0.1, 0.15) is 11.6 Å². The number of halogens is 3. The maximum atomic E-state index is 13.5. The van der Waals surface area contributed by atoms with Crippen LogP contribution in [-0.4, -0.2) is 6.18 Å². The summed E-state index contributed by atoms with van der Waals surface area (Å²) in [4.78, 5) is 0. The molecule has 0 amide bonds. The molecule has 0 fully saturated rings. The molecule has 0 saturated carbocycles. The van der Waals surface area contributed by atoms with Crippen LogP contribution in [0.15, 0.2) is 66.7 Å². The Balaban J connectivity index is 2.03. The van der Waals surface area contributed by atoms with Gasteiger partial charge in [0.1, 0.15) is 6.04 Å². The zero-order chi connectivity index (χ0) is 16.4. The molecular weight excluding hydrogens is 301 g/mol. The van der Waals surface area contributed by atoms with Crippen molar-refractivity contribution in [1.29, 1.82) is 0 Å². The Hall–Kier alpha value is -2.69. The summed E-state index contributed by atoms with van der Waals surface area (Å²) in [6.07, 6.45) is -4.44. The number of para-hydroxylation sites is 2. The fourth-order valence-corrected chi connectivity index (χ4v) is 2.53. The summed E-state index contributed by atoms with van der Waals surface area (Å²) in [6.45, 7) is 0. The summed E-state index contributed by atoms with van der Waals surface area (Å²) in [5, 5.41) is 4.18. The van der Waals surface area contributed by atoms with Crippen LogP contribution < -0.4 is 11.1 Å². The summed E-state index contributed by atoms with van der Waals surface area (Å²) >= 11 is 0. The predicted molar refractivity (Wildman–Crippen MR) is 87.2 cm³/mol. The Morgan fingerprint density at radius 2 is 1.48 bits per heavy atom. The lowest BCUT2D eigenvalue weighted by atomic mass is 10.0. The third kappa shape index (κ3) is 3.23. The van der Waals surface area contributed by atoms with Crippen LogP contribution in [0.2, 0.25) is 0 Å². The molecule has 2 nitrogen and oxygen atoms in total. The number of alkyl halides is 3. The smallest absolute Gasteiger partial charge is 0.397 e. The van der Waals surface area contributed by atoms with E-state index in [4.69, 9.17) is 5.73 Å². The van der Waals surface area contributed by atoms with Crippen LogP contribution in [0.25, 0.3) is 10.8 Å². The first-order valence-electron chi connectivity index (χ1n) is 7.11. The number of rotatable bonds is 3. The Morgan fingerprint density at radius 1 is 0.826 bits per heavy atom. The minimum Gasteiger partial charge on any atom is -0.397 e. The molecule has 3 N–H and O–H groups in total. The van der Waals surface area contributed by atoms with Gasteiger partial charge >= 0.3 is 6.18 Å². The highest BCUT2D eigenvalue weighted by Gasteiger charge is 2.41. The number of nitrogens with one attached hydrogen (secondary N) is 1. The standard InChI is InChI=1S/C18H15F3N2/c19-18(20,21)17(23-16-8-4-3-7-15(16)22)14-10-9-12-5-1-2-6-13(12)11-14/h1-11,17,23H,22H2. The van der Waals surface area contributed by atoms with E-state index in [0.29, 0.717) is 0 Å².